The molecule has 0 unspecified atom stereocenters. The molecule has 1 N–H and O–H groups in total. The van der Waals surface area contributed by atoms with Crippen molar-refractivity contribution in [1.29, 1.82) is 0 Å². The Morgan fingerprint density at radius 2 is 1.86 bits per heavy atom. The van der Waals surface area contributed by atoms with Crippen LogP contribution < -0.4 is 10.2 Å². The predicted octanol–water partition coefficient (Wildman–Crippen LogP) is 2.90. The van der Waals surface area contributed by atoms with Crippen LogP contribution >= 0.6 is 0 Å². The molecule has 1 aromatic carbocycles. The largest absolute Gasteiger partial charge is 0.328 e. The second-order valence-corrected chi connectivity index (χ2v) is 6.82. The number of hydrogen-bond donors (Lipinski definition) is 1. The summed E-state index contributed by atoms with van der Waals surface area (Å²) >= 11 is 0. The third kappa shape index (κ3) is 3.24. The summed E-state index contributed by atoms with van der Waals surface area (Å²) in [5.74, 6) is 1.80. The van der Waals surface area contributed by atoms with Crippen molar-refractivity contribution in [3.05, 3.63) is 54.5 Å². The van der Waals surface area contributed by atoms with Crippen LogP contribution in [0.4, 0.5) is 10.5 Å². The number of nitrogens with one attached hydrogen (secondary N) is 1. The number of amides is 3. The van der Waals surface area contributed by atoms with Gasteiger partial charge in [-0.1, -0.05) is 32.0 Å². The number of nitrogens with zero attached hydrogens (tertiary/aromatic N) is 5. The molecule has 1 aliphatic rings. The molecule has 0 bridgehead atoms. The fourth-order valence-electron chi connectivity index (χ4n) is 3.08. The Kier molecular flexibility index (Phi) is 4.60. The van der Waals surface area contributed by atoms with Crippen molar-refractivity contribution >= 4 is 17.6 Å². The van der Waals surface area contributed by atoms with Gasteiger partial charge in [0.15, 0.2) is 17.5 Å². The molecule has 28 heavy (non-hydrogen) atoms. The van der Waals surface area contributed by atoms with Gasteiger partial charge in [0.1, 0.15) is 0 Å². The molecule has 0 radical (unpaired) electrons. The minimum Gasteiger partial charge on any atom is -0.293 e. The Hall–Kier alpha value is -3.55. The molecule has 3 aromatic rings. The van der Waals surface area contributed by atoms with Crippen LogP contribution in [0.3, 0.4) is 0 Å². The Morgan fingerprint density at radius 1 is 1.07 bits per heavy atom. The van der Waals surface area contributed by atoms with Crippen molar-refractivity contribution in [3.8, 4) is 17.2 Å². The Balaban J connectivity index is 1.86. The Labute approximate surface area is 162 Å². The molecule has 2 aromatic heterocycles. The van der Waals surface area contributed by atoms with Crippen molar-refractivity contribution in [1.82, 2.24) is 25.1 Å². The van der Waals surface area contributed by atoms with Crippen molar-refractivity contribution in [2.75, 3.05) is 11.4 Å². The zero-order valence-corrected chi connectivity index (χ0v) is 15.7. The van der Waals surface area contributed by atoms with Crippen LogP contribution in [0.5, 0.6) is 0 Å². The number of imide groups is 1. The van der Waals surface area contributed by atoms with E-state index in [2.05, 4.69) is 15.4 Å². The highest BCUT2D eigenvalue weighted by molar-refractivity contribution is 6.07. The number of benzene rings is 1. The lowest BCUT2D eigenvalue weighted by atomic mass is 10.1. The van der Waals surface area contributed by atoms with Gasteiger partial charge in [0.25, 0.3) is 0 Å². The molecule has 3 amide bonds. The van der Waals surface area contributed by atoms with Gasteiger partial charge in [-0.2, -0.15) is 4.68 Å². The van der Waals surface area contributed by atoms with E-state index in [0.717, 1.165) is 5.56 Å². The molecular weight excluding hydrogens is 356 g/mol. The van der Waals surface area contributed by atoms with Crippen molar-refractivity contribution in [2.45, 2.75) is 26.2 Å². The van der Waals surface area contributed by atoms with Gasteiger partial charge in [-0.25, -0.2) is 14.8 Å². The fourth-order valence-corrected chi connectivity index (χ4v) is 3.08. The van der Waals surface area contributed by atoms with Crippen LogP contribution in [0, 0.1) is 0 Å². The van der Waals surface area contributed by atoms with Crippen molar-refractivity contribution in [2.24, 2.45) is 0 Å². The van der Waals surface area contributed by atoms with Crippen LogP contribution in [0.15, 0.2) is 48.7 Å². The molecule has 0 spiro atoms. The number of hydrogen-bond acceptors (Lipinski definition) is 5. The maximum Gasteiger partial charge on any atom is 0.328 e. The van der Waals surface area contributed by atoms with Crippen LogP contribution in [0.1, 0.15) is 32.0 Å². The normalized spacial score (nSPS) is 14.5. The molecule has 4 rings (SSSR count). The standard InChI is InChI=1S/C20H20N6O2/c1-13(2)18-23-19(26(24-18)16-9-5-6-11-21-16)14-7-3-4-8-15(14)25-12-10-17(27)22-20(25)28/h3-9,11,13H,10,12H2,1-2H3,(H,22,27,28). The number of rotatable bonds is 4. The number of pyridine rings is 1. The van der Waals surface area contributed by atoms with E-state index in [-0.39, 0.29) is 18.2 Å². The number of carbonyl (C=O) groups excluding carboxylic acids is 2. The molecule has 0 saturated carbocycles. The van der Waals surface area contributed by atoms with E-state index in [1.54, 1.807) is 15.8 Å². The van der Waals surface area contributed by atoms with Gasteiger partial charge in [-0.05, 0) is 24.3 Å². The molecular formula is C20H20N6O2. The SMILES string of the molecule is CC(C)c1nc(-c2ccccc2N2CCC(=O)NC2=O)n(-c2ccccn2)n1. The lowest BCUT2D eigenvalue weighted by molar-refractivity contribution is -0.120. The minimum atomic E-state index is -0.434. The van der Waals surface area contributed by atoms with Gasteiger partial charge < -0.3 is 0 Å². The van der Waals surface area contributed by atoms with Crippen LogP contribution in [-0.4, -0.2) is 38.2 Å². The molecule has 0 atom stereocenters. The van der Waals surface area contributed by atoms with E-state index in [0.29, 0.717) is 29.7 Å². The van der Waals surface area contributed by atoms with E-state index >= 15 is 0 Å². The van der Waals surface area contributed by atoms with Crippen molar-refractivity contribution < 1.29 is 9.59 Å². The summed E-state index contributed by atoms with van der Waals surface area (Å²) in [5, 5.41) is 7.01. The topological polar surface area (TPSA) is 93.0 Å². The quantitative estimate of drug-likeness (QED) is 0.756. The Bertz CT molecular complexity index is 1030. The summed E-state index contributed by atoms with van der Waals surface area (Å²) < 4.78 is 1.70. The van der Waals surface area contributed by atoms with Gasteiger partial charge in [0.2, 0.25) is 5.91 Å². The van der Waals surface area contributed by atoms with Crippen LogP contribution in [0.25, 0.3) is 17.2 Å². The first-order chi connectivity index (χ1) is 13.5. The van der Waals surface area contributed by atoms with E-state index < -0.39 is 6.03 Å². The first-order valence-corrected chi connectivity index (χ1v) is 9.13. The highest BCUT2D eigenvalue weighted by Crippen LogP contribution is 2.32. The van der Waals surface area contributed by atoms with Crippen LogP contribution in [-0.2, 0) is 4.79 Å². The second-order valence-electron chi connectivity index (χ2n) is 6.82. The third-order valence-electron chi connectivity index (χ3n) is 4.50. The first kappa shape index (κ1) is 17.8. The average molecular weight is 376 g/mol. The number of carbonyl (C=O) groups is 2. The van der Waals surface area contributed by atoms with Gasteiger partial charge in [-0.15, -0.1) is 5.10 Å². The predicted molar refractivity (Wildman–Crippen MR) is 104 cm³/mol. The molecule has 8 heteroatoms. The number of urea groups is 1. The maximum absolute atomic E-state index is 12.4. The zero-order valence-electron chi connectivity index (χ0n) is 15.7. The van der Waals surface area contributed by atoms with Crippen LogP contribution in [0.2, 0.25) is 0 Å². The fraction of sp³-hybridized carbons (Fsp3) is 0.250. The lowest BCUT2D eigenvalue weighted by Gasteiger charge is -2.28. The lowest BCUT2D eigenvalue weighted by Crippen LogP contribution is -2.49. The summed E-state index contributed by atoms with van der Waals surface area (Å²) in [6.45, 7) is 4.37. The molecule has 3 heterocycles. The van der Waals surface area contributed by atoms with Gasteiger partial charge in [0.05, 0.1) is 5.69 Å². The Morgan fingerprint density at radius 3 is 2.57 bits per heavy atom. The van der Waals surface area contributed by atoms with Gasteiger partial charge >= 0.3 is 6.03 Å². The van der Waals surface area contributed by atoms with E-state index in [4.69, 9.17) is 4.98 Å². The zero-order chi connectivity index (χ0) is 19.7. The molecule has 1 fully saturated rings. The second kappa shape index (κ2) is 7.22. The minimum absolute atomic E-state index is 0.131. The summed E-state index contributed by atoms with van der Waals surface area (Å²) in [6.07, 6.45) is 1.95. The third-order valence-corrected chi connectivity index (χ3v) is 4.50. The average Bonchev–Trinajstić information content (AvgIpc) is 3.14. The summed E-state index contributed by atoms with van der Waals surface area (Å²) in [6, 6.07) is 12.6. The molecule has 1 aliphatic heterocycles. The molecule has 8 nitrogen and oxygen atoms in total. The van der Waals surface area contributed by atoms with Gasteiger partial charge in [-0.3, -0.25) is 15.0 Å². The number of anilines is 1. The summed E-state index contributed by atoms with van der Waals surface area (Å²) in [4.78, 5) is 34.6. The smallest absolute Gasteiger partial charge is 0.293 e. The first-order valence-electron chi connectivity index (χ1n) is 9.13. The summed E-state index contributed by atoms with van der Waals surface area (Å²) in [7, 11) is 0. The van der Waals surface area contributed by atoms with Crippen molar-refractivity contribution in [3.63, 3.8) is 0 Å². The number of para-hydroxylation sites is 1. The van der Waals surface area contributed by atoms with Gasteiger partial charge in [0, 0.05) is 30.6 Å². The van der Waals surface area contributed by atoms with E-state index in [9.17, 15) is 9.59 Å². The highest BCUT2D eigenvalue weighted by Gasteiger charge is 2.28. The highest BCUT2D eigenvalue weighted by atomic mass is 16.2. The van der Waals surface area contributed by atoms with E-state index in [1.165, 1.54) is 0 Å². The molecule has 142 valence electrons. The summed E-state index contributed by atoms with van der Waals surface area (Å²) in [5.41, 5.74) is 1.42. The monoisotopic (exact) mass is 376 g/mol. The molecule has 1 saturated heterocycles. The van der Waals surface area contributed by atoms with E-state index in [1.807, 2.05) is 56.3 Å². The maximum atomic E-state index is 12.4. The number of aromatic nitrogens is 4. The molecule has 0 aliphatic carbocycles.